The quantitative estimate of drug-likeness (QED) is 0.681. The van der Waals surface area contributed by atoms with Gasteiger partial charge in [-0.05, 0) is 37.4 Å². The van der Waals surface area contributed by atoms with Crippen molar-refractivity contribution in [1.29, 1.82) is 0 Å². The number of aliphatic hydroxyl groups excluding tert-OH is 1. The first-order valence-corrected chi connectivity index (χ1v) is 6.70. The van der Waals surface area contributed by atoms with Crippen LogP contribution in [0, 0.1) is 5.41 Å². The fourth-order valence-corrected chi connectivity index (χ4v) is 2.48. The van der Waals surface area contributed by atoms with Crippen molar-refractivity contribution < 1.29 is 5.11 Å². The lowest BCUT2D eigenvalue weighted by atomic mass is 10.1. The summed E-state index contributed by atoms with van der Waals surface area (Å²) < 4.78 is 0. The lowest BCUT2D eigenvalue weighted by Gasteiger charge is -2.12. The second-order valence-electron chi connectivity index (χ2n) is 5.44. The zero-order valence-corrected chi connectivity index (χ0v) is 10.6. The SMILES string of the molecule is OCC1(CNCCc2c[nH]c3ccccc23)CC1. The number of fused-ring (bicyclic) bond motifs is 1. The molecule has 96 valence electrons. The lowest BCUT2D eigenvalue weighted by molar-refractivity contribution is 0.208. The Kier molecular flexibility index (Phi) is 3.10. The average Bonchev–Trinajstić information content (AvgIpc) is 3.09. The predicted molar refractivity (Wildman–Crippen MR) is 73.6 cm³/mol. The molecule has 0 unspecified atom stereocenters. The third-order valence-electron chi connectivity index (χ3n) is 4.04. The number of benzene rings is 1. The molecule has 3 heteroatoms. The Morgan fingerprint density at radius 3 is 2.89 bits per heavy atom. The van der Waals surface area contributed by atoms with Crippen LogP contribution in [0.15, 0.2) is 30.5 Å². The van der Waals surface area contributed by atoms with E-state index in [0.29, 0.717) is 6.61 Å². The molecule has 0 aliphatic heterocycles. The number of hydrogen-bond donors (Lipinski definition) is 3. The molecule has 1 aromatic carbocycles. The fourth-order valence-electron chi connectivity index (χ4n) is 2.48. The molecule has 0 bridgehead atoms. The largest absolute Gasteiger partial charge is 0.396 e. The third kappa shape index (κ3) is 2.28. The minimum absolute atomic E-state index is 0.209. The Balaban J connectivity index is 1.54. The summed E-state index contributed by atoms with van der Waals surface area (Å²) in [5.74, 6) is 0. The summed E-state index contributed by atoms with van der Waals surface area (Å²) >= 11 is 0. The Labute approximate surface area is 107 Å². The lowest BCUT2D eigenvalue weighted by Crippen LogP contribution is -2.28. The summed E-state index contributed by atoms with van der Waals surface area (Å²) in [6.45, 7) is 2.25. The smallest absolute Gasteiger partial charge is 0.0499 e. The molecule has 1 aliphatic rings. The van der Waals surface area contributed by atoms with Crippen LogP contribution in [-0.4, -0.2) is 29.8 Å². The van der Waals surface area contributed by atoms with Crippen LogP contribution >= 0.6 is 0 Å². The van der Waals surface area contributed by atoms with Gasteiger partial charge in [0.05, 0.1) is 0 Å². The number of nitrogens with one attached hydrogen (secondary N) is 2. The first-order valence-electron chi connectivity index (χ1n) is 6.70. The Morgan fingerprint density at radius 1 is 1.28 bits per heavy atom. The monoisotopic (exact) mass is 244 g/mol. The van der Waals surface area contributed by atoms with E-state index >= 15 is 0 Å². The second-order valence-corrected chi connectivity index (χ2v) is 5.44. The molecule has 1 heterocycles. The summed E-state index contributed by atoms with van der Waals surface area (Å²) in [5, 5.41) is 14.0. The van der Waals surface area contributed by atoms with Crippen LogP contribution in [0.25, 0.3) is 10.9 Å². The Hall–Kier alpha value is -1.32. The first-order chi connectivity index (χ1) is 8.83. The van der Waals surface area contributed by atoms with Crippen LogP contribution in [0.2, 0.25) is 0 Å². The van der Waals surface area contributed by atoms with E-state index < -0.39 is 0 Å². The van der Waals surface area contributed by atoms with Gasteiger partial charge in [-0.3, -0.25) is 0 Å². The number of rotatable bonds is 6. The molecule has 3 N–H and O–H groups in total. The topological polar surface area (TPSA) is 48.0 Å². The number of H-pyrrole nitrogens is 1. The highest BCUT2D eigenvalue weighted by Gasteiger charge is 2.41. The first kappa shape index (κ1) is 11.8. The number of aromatic amines is 1. The molecule has 3 rings (SSSR count). The molecule has 0 spiro atoms. The molecule has 2 aromatic rings. The van der Waals surface area contributed by atoms with Gasteiger partial charge in [-0.15, -0.1) is 0 Å². The zero-order valence-electron chi connectivity index (χ0n) is 10.6. The van der Waals surface area contributed by atoms with Crippen molar-refractivity contribution in [1.82, 2.24) is 10.3 Å². The van der Waals surface area contributed by atoms with E-state index in [0.717, 1.165) is 19.5 Å². The standard InChI is InChI=1S/C15H20N2O/c18-11-15(6-7-15)10-16-8-5-12-9-17-14-4-2-1-3-13(12)14/h1-4,9,16-18H,5-8,10-11H2. The molecule has 0 radical (unpaired) electrons. The number of hydrogen-bond acceptors (Lipinski definition) is 2. The van der Waals surface area contributed by atoms with E-state index in [1.54, 1.807) is 0 Å². The molecule has 0 saturated heterocycles. The minimum Gasteiger partial charge on any atom is -0.396 e. The summed E-state index contributed by atoms with van der Waals surface area (Å²) in [7, 11) is 0. The molecule has 0 amide bonds. The van der Waals surface area contributed by atoms with Crippen molar-refractivity contribution in [2.24, 2.45) is 5.41 Å². The maximum atomic E-state index is 9.24. The zero-order chi connectivity index (χ0) is 12.4. The van der Waals surface area contributed by atoms with E-state index in [1.165, 1.54) is 29.3 Å². The molecule has 1 saturated carbocycles. The number of aliphatic hydroxyl groups is 1. The van der Waals surface area contributed by atoms with Crippen molar-refractivity contribution >= 4 is 10.9 Å². The van der Waals surface area contributed by atoms with E-state index in [4.69, 9.17) is 0 Å². The summed E-state index contributed by atoms with van der Waals surface area (Å²) in [6.07, 6.45) is 5.48. The van der Waals surface area contributed by atoms with Crippen molar-refractivity contribution in [3.8, 4) is 0 Å². The van der Waals surface area contributed by atoms with Crippen molar-refractivity contribution in [3.05, 3.63) is 36.0 Å². The molecule has 1 aromatic heterocycles. The second kappa shape index (κ2) is 4.75. The van der Waals surface area contributed by atoms with E-state index in [1.807, 2.05) is 0 Å². The van der Waals surface area contributed by atoms with Gasteiger partial charge in [0.15, 0.2) is 0 Å². The fraction of sp³-hybridized carbons (Fsp3) is 0.467. The third-order valence-corrected chi connectivity index (χ3v) is 4.04. The van der Waals surface area contributed by atoms with Gasteiger partial charge >= 0.3 is 0 Å². The van der Waals surface area contributed by atoms with Gasteiger partial charge in [0.2, 0.25) is 0 Å². The molecular formula is C15H20N2O. The Morgan fingerprint density at radius 2 is 2.11 bits per heavy atom. The minimum atomic E-state index is 0.209. The molecule has 18 heavy (non-hydrogen) atoms. The van der Waals surface area contributed by atoms with Gasteiger partial charge in [-0.25, -0.2) is 0 Å². The van der Waals surface area contributed by atoms with Crippen LogP contribution in [-0.2, 0) is 6.42 Å². The molecule has 0 atom stereocenters. The van der Waals surface area contributed by atoms with Crippen LogP contribution in [0.1, 0.15) is 18.4 Å². The Bertz CT molecular complexity index is 528. The average molecular weight is 244 g/mol. The van der Waals surface area contributed by atoms with Gasteiger partial charge in [0.1, 0.15) is 0 Å². The van der Waals surface area contributed by atoms with Gasteiger partial charge in [-0.1, -0.05) is 18.2 Å². The highest BCUT2D eigenvalue weighted by atomic mass is 16.3. The summed E-state index contributed by atoms with van der Waals surface area (Å²) in [5.41, 5.74) is 2.79. The van der Waals surface area contributed by atoms with Gasteiger partial charge < -0.3 is 15.4 Å². The normalized spacial score (nSPS) is 17.2. The highest BCUT2D eigenvalue weighted by Crippen LogP contribution is 2.44. The van der Waals surface area contributed by atoms with E-state index in [9.17, 15) is 5.11 Å². The van der Waals surface area contributed by atoms with E-state index in [-0.39, 0.29) is 5.41 Å². The molecule has 1 fully saturated rings. The van der Waals surface area contributed by atoms with Crippen LogP contribution < -0.4 is 5.32 Å². The number of aromatic nitrogens is 1. The molecular weight excluding hydrogens is 224 g/mol. The molecule has 1 aliphatic carbocycles. The molecule has 3 nitrogen and oxygen atoms in total. The summed E-state index contributed by atoms with van der Waals surface area (Å²) in [4.78, 5) is 3.30. The van der Waals surface area contributed by atoms with Crippen molar-refractivity contribution in [3.63, 3.8) is 0 Å². The number of para-hydroxylation sites is 1. The van der Waals surface area contributed by atoms with Crippen LogP contribution in [0.4, 0.5) is 0 Å². The maximum Gasteiger partial charge on any atom is 0.0499 e. The summed E-state index contributed by atoms with van der Waals surface area (Å²) in [6, 6.07) is 8.41. The van der Waals surface area contributed by atoms with Crippen molar-refractivity contribution in [2.75, 3.05) is 19.7 Å². The van der Waals surface area contributed by atoms with Crippen molar-refractivity contribution in [2.45, 2.75) is 19.3 Å². The maximum absolute atomic E-state index is 9.24. The predicted octanol–water partition coefficient (Wildman–Crippen LogP) is 2.07. The van der Waals surface area contributed by atoms with Gasteiger partial charge in [0.25, 0.3) is 0 Å². The van der Waals surface area contributed by atoms with Gasteiger partial charge in [0, 0.05) is 35.7 Å². The highest BCUT2D eigenvalue weighted by molar-refractivity contribution is 5.83. The van der Waals surface area contributed by atoms with Crippen LogP contribution in [0.3, 0.4) is 0 Å². The van der Waals surface area contributed by atoms with Gasteiger partial charge in [-0.2, -0.15) is 0 Å². The van der Waals surface area contributed by atoms with Crippen LogP contribution in [0.5, 0.6) is 0 Å². The van der Waals surface area contributed by atoms with E-state index in [2.05, 4.69) is 40.8 Å².